The molecule has 10 rings (SSSR count). The minimum atomic E-state index is -0.0306. The molecular weight excluding hydrogens is 900 g/mol. The molecule has 10 heteroatoms. The molecule has 4 aromatic heterocycles. The largest absolute Gasteiger partial charge is 0.509 e. The Kier molecular flexibility index (Phi) is 9.54. The number of fused-ring (bicyclic) bond motifs is 4. The molecule has 0 radical (unpaired) electrons. The molecule has 5 heterocycles. The third-order valence-corrected chi connectivity index (χ3v) is 10.1. The number of nitrogens with zero attached hydrogens (tertiary/aromatic N) is 8. The predicted molar refractivity (Wildman–Crippen MR) is 225 cm³/mol. The summed E-state index contributed by atoms with van der Waals surface area (Å²) in [5, 5.41) is 2.19. The summed E-state index contributed by atoms with van der Waals surface area (Å²) in [7, 11) is 0. The van der Waals surface area contributed by atoms with Gasteiger partial charge in [0.2, 0.25) is 5.95 Å². The van der Waals surface area contributed by atoms with Crippen molar-refractivity contribution in [2.45, 2.75) is 26.2 Å². The number of aromatic nitrogens is 6. The topological polar surface area (TPSA) is 85.1 Å². The third-order valence-electron chi connectivity index (χ3n) is 10.1. The van der Waals surface area contributed by atoms with Crippen molar-refractivity contribution in [2.24, 2.45) is 0 Å². The second-order valence-electron chi connectivity index (χ2n) is 14.8. The molecule has 286 valence electrons. The van der Waals surface area contributed by atoms with E-state index in [9.17, 15) is 0 Å². The van der Waals surface area contributed by atoms with Crippen LogP contribution in [0.4, 0.5) is 23.0 Å². The summed E-state index contributed by atoms with van der Waals surface area (Å²) in [6, 6.07) is 51.4. The van der Waals surface area contributed by atoms with Crippen LogP contribution in [0.25, 0.3) is 50.4 Å². The van der Waals surface area contributed by atoms with Crippen LogP contribution in [0.3, 0.4) is 0 Å². The van der Waals surface area contributed by atoms with E-state index in [0.29, 0.717) is 29.1 Å². The maximum Gasteiger partial charge on any atom is 0.205 e. The van der Waals surface area contributed by atoms with Crippen LogP contribution in [-0.4, -0.2) is 29.5 Å². The summed E-state index contributed by atoms with van der Waals surface area (Å²) < 4.78 is 8.70. The van der Waals surface area contributed by atoms with Gasteiger partial charge < -0.3 is 19.1 Å². The first-order valence-corrected chi connectivity index (χ1v) is 18.7. The molecule has 0 fully saturated rings. The predicted octanol–water partition coefficient (Wildman–Crippen LogP) is 11.2. The van der Waals surface area contributed by atoms with E-state index < -0.39 is 0 Å². The quantitative estimate of drug-likeness (QED) is 0.146. The zero-order chi connectivity index (χ0) is 38.5. The van der Waals surface area contributed by atoms with Crippen LogP contribution in [0.1, 0.15) is 26.3 Å². The molecule has 0 saturated carbocycles. The molecule has 0 unspecified atom stereocenters. The molecule has 0 aliphatic carbocycles. The van der Waals surface area contributed by atoms with E-state index in [2.05, 4.69) is 84.9 Å². The first-order valence-electron chi connectivity index (χ1n) is 18.7. The number of para-hydroxylation sites is 1. The number of pyridine rings is 2. The Hall–Kier alpha value is -6.70. The minimum Gasteiger partial charge on any atom is -0.509 e. The first-order chi connectivity index (χ1) is 27.9. The molecule has 1 aliphatic heterocycles. The van der Waals surface area contributed by atoms with Crippen molar-refractivity contribution >= 4 is 44.8 Å². The van der Waals surface area contributed by atoms with Gasteiger partial charge in [-0.25, -0.2) is 9.97 Å². The van der Waals surface area contributed by atoms with Gasteiger partial charge in [-0.15, -0.1) is 48.1 Å². The molecule has 0 amide bonds. The molecule has 0 atom stereocenters. The zero-order valence-electron chi connectivity index (χ0n) is 31.8. The Morgan fingerprint density at radius 3 is 2.07 bits per heavy atom. The summed E-state index contributed by atoms with van der Waals surface area (Å²) in [4.78, 5) is 28.1. The van der Waals surface area contributed by atoms with Crippen molar-refractivity contribution < 1.29 is 25.8 Å². The van der Waals surface area contributed by atoms with Crippen molar-refractivity contribution in [3.8, 4) is 40.1 Å². The fraction of sp³-hybridized carbons (Fsp3) is 0.0833. The van der Waals surface area contributed by atoms with E-state index in [0.717, 1.165) is 55.8 Å². The van der Waals surface area contributed by atoms with Gasteiger partial charge in [0.1, 0.15) is 5.82 Å². The number of anilines is 4. The fourth-order valence-electron chi connectivity index (χ4n) is 7.20. The first kappa shape index (κ1) is 36.9. The van der Waals surface area contributed by atoms with Gasteiger partial charge in [0, 0.05) is 73.5 Å². The Morgan fingerprint density at radius 2 is 1.33 bits per heavy atom. The van der Waals surface area contributed by atoms with E-state index in [-0.39, 0.29) is 26.5 Å². The third kappa shape index (κ3) is 6.77. The van der Waals surface area contributed by atoms with Gasteiger partial charge in [-0.2, -0.15) is 22.1 Å². The van der Waals surface area contributed by atoms with E-state index in [1.807, 2.05) is 120 Å². The molecule has 1 aliphatic rings. The monoisotopic (exact) mass is 934 g/mol. The van der Waals surface area contributed by atoms with Crippen molar-refractivity contribution in [2.75, 3.05) is 9.80 Å². The maximum absolute atomic E-state index is 6.53. The summed E-state index contributed by atoms with van der Waals surface area (Å²) in [6.07, 6.45) is 5.48. The SMILES string of the molecule is CC(C)(C)c1ccnc(-n2c3[c-]c(Oc4[c-]c(N5[CH-]N(c6nc(-c7ccccc7)nc(-c7ccccc7)n6)c6ccncc65)ccc4)ccc3c3ccccc32)c1.[Pt]. The summed E-state index contributed by atoms with van der Waals surface area (Å²) in [5.74, 6) is 3.57. The molecule has 0 saturated heterocycles. The Labute approximate surface area is 350 Å². The molecule has 0 spiro atoms. The fourth-order valence-corrected chi connectivity index (χ4v) is 7.20. The molecule has 9 aromatic rings. The zero-order valence-corrected chi connectivity index (χ0v) is 34.1. The summed E-state index contributed by atoms with van der Waals surface area (Å²) in [5.41, 5.74) is 7.37. The average Bonchev–Trinajstić information content (AvgIpc) is 3.80. The smallest absolute Gasteiger partial charge is 0.205 e. The van der Waals surface area contributed by atoms with Gasteiger partial charge in [0.15, 0.2) is 11.6 Å². The minimum absolute atomic E-state index is 0. The van der Waals surface area contributed by atoms with Crippen LogP contribution >= 0.6 is 0 Å². The van der Waals surface area contributed by atoms with Crippen LogP contribution < -0.4 is 14.5 Å². The number of hydrogen-bond acceptors (Lipinski definition) is 8. The Bertz CT molecular complexity index is 2870. The second-order valence-corrected chi connectivity index (χ2v) is 14.8. The number of hydrogen-bond donors (Lipinski definition) is 0. The van der Waals surface area contributed by atoms with Crippen molar-refractivity contribution in [1.29, 1.82) is 0 Å². The van der Waals surface area contributed by atoms with Crippen molar-refractivity contribution in [3.05, 3.63) is 176 Å². The molecule has 58 heavy (non-hydrogen) atoms. The molecule has 5 aromatic carbocycles. The molecule has 0 bridgehead atoms. The number of benzene rings is 5. The number of ether oxygens (including phenoxy) is 1. The van der Waals surface area contributed by atoms with Crippen LogP contribution in [0.5, 0.6) is 11.5 Å². The van der Waals surface area contributed by atoms with E-state index >= 15 is 0 Å². The van der Waals surface area contributed by atoms with Crippen LogP contribution in [0.15, 0.2) is 152 Å². The Balaban J connectivity index is 0.00000436. The van der Waals surface area contributed by atoms with Crippen LogP contribution in [0, 0.1) is 18.8 Å². The normalized spacial score (nSPS) is 12.5. The van der Waals surface area contributed by atoms with E-state index in [1.54, 1.807) is 6.20 Å². The standard InChI is InChI=1S/C48H35N8O.Pt/c1-48(2,3)34-23-26-50-44(27-34)56-40-20-11-10-19-38(40)39-22-21-37(29-42(39)56)57-36-18-12-17-35(28-36)54-31-55(41-24-25-49-30-43(41)54)47-52-45(32-13-6-4-7-14-32)51-46(53-47)33-15-8-5-9-16-33;/h4-27,30-31H,1-3H3;/q-3;. The summed E-state index contributed by atoms with van der Waals surface area (Å²) >= 11 is 0. The summed E-state index contributed by atoms with van der Waals surface area (Å²) in [6.45, 7) is 8.59. The van der Waals surface area contributed by atoms with Gasteiger partial charge >= 0.3 is 0 Å². The molecule has 0 N–H and O–H groups in total. The molecular formula is C48H35N8OPt-3. The van der Waals surface area contributed by atoms with Gasteiger partial charge in [-0.3, -0.25) is 4.98 Å². The van der Waals surface area contributed by atoms with Crippen molar-refractivity contribution in [3.63, 3.8) is 0 Å². The Morgan fingerprint density at radius 1 is 0.621 bits per heavy atom. The van der Waals surface area contributed by atoms with Gasteiger partial charge in [-0.1, -0.05) is 105 Å². The second kappa shape index (κ2) is 15.0. The number of rotatable bonds is 7. The molecule has 9 nitrogen and oxygen atoms in total. The van der Waals surface area contributed by atoms with Crippen LogP contribution in [-0.2, 0) is 26.5 Å². The average molecular weight is 935 g/mol. The van der Waals surface area contributed by atoms with Gasteiger partial charge in [0.25, 0.3) is 0 Å². The van der Waals surface area contributed by atoms with Crippen LogP contribution in [0.2, 0.25) is 0 Å². The van der Waals surface area contributed by atoms with Crippen molar-refractivity contribution in [1.82, 2.24) is 29.5 Å². The van der Waals surface area contributed by atoms with E-state index in [1.165, 1.54) is 5.56 Å². The maximum atomic E-state index is 6.53. The van der Waals surface area contributed by atoms with E-state index in [4.69, 9.17) is 24.7 Å². The van der Waals surface area contributed by atoms with Gasteiger partial charge in [0.05, 0.1) is 5.69 Å². The van der Waals surface area contributed by atoms with Gasteiger partial charge in [-0.05, 0) is 40.6 Å².